The largest absolute Gasteiger partial charge is 0.481 e. The zero-order chi connectivity index (χ0) is 11.8. The molecule has 1 aromatic rings. The molecule has 0 unspecified atom stereocenters. The van der Waals surface area contributed by atoms with Crippen LogP contribution in [0, 0.1) is 0 Å². The molecule has 1 rings (SSSR count). The number of benzene rings is 1. The van der Waals surface area contributed by atoms with Crippen molar-refractivity contribution < 1.29 is 40.8 Å². The molecule has 1 amide bonds. The fourth-order valence-electron chi connectivity index (χ4n) is 0.791. The zero-order valence-corrected chi connectivity index (χ0v) is 14.3. The van der Waals surface area contributed by atoms with Crippen molar-refractivity contribution in [1.29, 1.82) is 0 Å². The number of hydrogen-bond donors (Lipinski definition) is 2. The molecular weight excluding hydrogens is 383 g/mol. The van der Waals surface area contributed by atoms with Crippen LogP contribution in [-0.4, -0.2) is 17.0 Å². The summed E-state index contributed by atoms with van der Waals surface area (Å²) in [5.41, 5.74) is 0.881. The summed E-state index contributed by atoms with van der Waals surface area (Å²) in [4.78, 5) is 19.6. The Labute approximate surface area is 105 Å². The van der Waals surface area contributed by atoms with Gasteiger partial charge < -0.3 is 5.11 Å². The van der Waals surface area contributed by atoms with Crippen molar-refractivity contribution in [2.75, 3.05) is 5.32 Å². The summed E-state index contributed by atoms with van der Waals surface area (Å²) in [5.74, 6) is -0.851. The molecule has 4 nitrogen and oxygen atoms in total. The maximum Gasteiger partial charge on any atom is 0.300 e. The summed E-state index contributed by atoms with van der Waals surface area (Å²) >= 11 is 0.676. The number of nitrogens with one attached hydrogen (secondary N) is 1. The Morgan fingerprint density at radius 1 is 1.20 bits per heavy atom. The van der Waals surface area contributed by atoms with Gasteiger partial charge in [-0.3, -0.25) is 4.79 Å². The molecule has 15 heavy (non-hydrogen) atoms. The second-order valence-electron chi connectivity index (χ2n) is 2.90. The fourth-order valence-corrected chi connectivity index (χ4v) is 1.71. The van der Waals surface area contributed by atoms with Crippen LogP contribution < -0.4 is 8.39 Å². The van der Waals surface area contributed by atoms with Crippen LogP contribution in [-0.2, 0) is 35.7 Å². The van der Waals surface area contributed by atoms with Gasteiger partial charge in [0.25, 0.3) is 5.97 Å². The number of rotatable bonds is 1. The van der Waals surface area contributed by atoms with Crippen molar-refractivity contribution >= 4 is 20.6 Å². The van der Waals surface area contributed by atoms with Crippen molar-refractivity contribution in [1.82, 2.24) is 0 Å². The van der Waals surface area contributed by atoms with Crippen LogP contribution in [0.5, 0.6) is 0 Å². The number of carboxylic acids is 1. The van der Waals surface area contributed by atoms with Crippen LogP contribution in [0.25, 0.3) is 0 Å². The number of anilines is 1. The summed E-state index contributed by atoms with van der Waals surface area (Å²) < 4.78 is 1.39. The number of hydrogen-bond acceptors (Lipinski definition) is 2. The molecule has 77 valence electrons. The Morgan fingerprint density at radius 3 is 1.93 bits per heavy atom. The van der Waals surface area contributed by atoms with E-state index < -0.39 is 5.97 Å². The summed E-state index contributed by atoms with van der Waals surface area (Å²) in [6.45, 7) is 2.60. The Morgan fingerprint density at radius 2 is 1.60 bits per heavy atom. The second-order valence-corrected chi connectivity index (χ2v) is 6.07. The van der Waals surface area contributed by atoms with E-state index in [-0.39, 0.29) is 5.91 Å². The van der Waals surface area contributed by atoms with Gasteiger partial charge in [0, 0.05) is 6.92 Å². The number of carbonyl (C=O) groups excluding carboxylic acids is 1. The topological polar surface area (TPSA) is 66.4 Å². The van der Waals surface area contributed by atoms with E-state index in [4.69, 9.17) is 9.90 Å². The summed E-state index contributed by atoms with van der Waals surface area (Å²) in [6.07, 6.45) is 0. The molecule has 0 aromatic heterocycles. The van der Waals surface area contributed by atoms with Crippen molar-refractivity contribution in [2.24, 2.45) is 0 Å². The molecule has 0 atom stereocenters. The SMILES string of the molecule is CC(=O)Nc1cc[c]([Hg])cc1.CC(=O)O. The van der Waals surface area contributed by atoms with Gasteiger partial charge >= 0.3 is 82.1 Å². The van der Waals surface area contributed by atoms with Gasteiger partial charge in [0.05, 0.1) is 0 Å². The molecule has 0 fully saturated rings. The molecule has 0 saturated carbocycles. The quantitative estimate of drug-likeness (QED) is 0.696. The molecule has 0 radical (unpaired) electrons. The Balaban J connectivity index is 0.000000423. The first-order valence-electron chi connectivity index (χ1n) is 4.31. The molecular formula is C10H12HgNO3. The van der Waals surface area contributed by atoms with Crippen molar-refractivity contribution in [3.8, 4) is 0 Å². The smallest absolute Gasteiger partial charge is 0.300 e. The van der Waals surface area contributed by atoms with Gasteiger partial charge in [0.2, 0.25) is 0 Å². The van der Waals surface area contributed by atoms with E-state index >= 15 is 0 Å². The standard InChI is InChI=1S/C8H8NO.C2H4O2.Hg/c1-7(10)9-8-5-3-2-4-6-8;1-2(3)4;/h3-6H,1H3,(H,9,10);1H3,(H,3,4);. The monoisotopic (exact) mass is 396 g/mol. The van der Waals surface area contributed by atoms with Crippen LogP contribution in [0.2, 0.25) is 0 Å². The molecule has 0 bridgehead atoms. The van der Waals surface area contributed by atoms with E-state index in [0.29, 0.717) is 26.1 Å². The molecule has 1 aromatic carbocycles. The van der Waals surface area contributed by atoms with Crippen LogP contribution in [0.1, 0.15) is 13.8 Å². The van der Waals surface area contributed by atoms with Gasteiger partial charge in [-0.2, -0.15) is 0 Å². The molecule has 0 heterocycles. The number of aliphatic carboxylic acids is 1. The van der Waals surface area contributed by atoms with Crippen LogP contribution in [0.4, 0.5) is 5.69 Å². The third-order valence-electron chi connectivity index (χ3n) is 1.27. The minimum Gasteiger partial charge on any atom is -0.481 e. The first kappa shape index (κ1) is 14.1. The van der Waals surface area contributed by atoms with Gasteiger partial charge in [-0.25, -0.2) is 0 Å². The normalized spacial score (nSPS) is 8.53. The average Bonchev–Trinajstić information content (AvgIpc) is 2.07. The van der Waals surface area contributed by atoms with E-state index in [1.54, 1.807) is 0 Å². The van der Waals surface area contributed by atoms with E-state index in [9.17, 15) is 4.79 Å². The van der Waals surface area contributed by atoms with Crippen molar-refractivity contribution in [2.45, 2.75) is 13.8 Å². The van der Waals surface area contributed by atoms with E-state index in [0.717, 1.165) is 12.6 Å². The number of amides is 1. The van der Waals surface area contributed by atoms with Crippen LogP contribution in [0.15, 0.2) is 24.3 Å². The minimum absolute atomic E-state index is 0.0176. The zero-order valence-electron chi connectivity index (χ0n) is 8.78. The van der Waals surface area contributed by atoms with Gasteiger partial charge in [-0.05, 0) is 0 Å². The van der Waals surface area contributed by atoms with Crippen molar-refractivity contribution in [3.63, 3.8) is 0 Å². The van der Waals surface area contributed by atoms with Gasteiger partial charge in [0.15, 0.2) is 0 Å². The van der Waals surface area contributed by atoms with Gasteiger partial charge in [-0.1, -0.05) is 0 Å². The van der Waals surface area contributed by atoms with Gasteiger partial charge in [0.1, 0.15) is 0 Å². The average molecular weight is 395 g/mol. The number of carbonyl (C=O) groups is 2. The molecule has 0 aliphatic rings. The van der Waals surface area contributed by atoms with Crippen molar-refractivity contribution in [3.05, 3.63) is 24.3 Å². The summed E-state index contributed by atoms with van der Waals surface area (Å²) in [7, 11) is 0. The number of carboxylic acid groups (broad SMARTS) is 1. The Bertz CT molecular complexity index is 331. The Kier molecular flexibility index (Phi) is 6.95. The van der Waals surface area contributed by atoms with E-state index in [1.165, 1.54) is 10.00 Å². The van der Waals surface area contributed by atoms with Crippen LogP contribution in [0.3, 0.4) is 0 Å². The Hall–Kier alpha value is -0.905. The summed E-state index contributed by atoms with van der Waals surface area (Å²) in [6, 6.07) is 7.97. The van der Waals surface area contributed by atoms with Crippen LogP contribution >= 0.6 is 0 Å². The first-order chi connectivity index (χ1) is 6.91. The third kappa shape index (κ3) is 9.40. The van der Waals surface area contributed by atoms with Gasteiger partial charge in [-0.15, -0.1) is 0 Å². The molecule has 0 spiro atoms. The van der Waals surface area contributed by atoms with E-state index in [2.05, 4.69) is 5.32 Å². The minimum atomic E-state index is -0.833. The first-order valence-corrected chi connectivity index (χ1v) is 7.06. The fraction of sp³-hybridized carbons (Fsp3) is 0.200. The summed E-state index contributed by atoms with van der Waals surface area (Å²) in [5, 5.41) is 10.1. The maximum absolute atomic E-state index is 10.6. The molecule has 0 aliphatic carbocycles. The third-order valence-corrected chi connectivity index (χ3v) is 3.11. The van der Waals surface area contributed by atoms with E-state index in [1.807, 2.05) is 24.3 Å². The predicted octanol–water partition coefficient (Wildman–Crippen LogP) is 0.908. The maximum atomic E-state index is 10.6. The molecule has 0 saturated heterocycles. The second kappa shape index (κ2) is 7.40. The molecule has 5 heteroatoms. The molecule has 0 aliphatic heterocycles. The molecule has 2 N–H and O–H groups in total. The predicted molar refractivity (Wildman–Crippen MR) is 53.7 cm³/mol.